The maximum Gasteiger partial charge on any atom is 0.330 e. The van der Waals surface area contributed by atoms with Gasteiger partial charge in [-0.25, -0.2) is 4.79 Å². The molecule has 2 fully saturated rings. The number of ketones is 1. The zero-order chi connectivity index (χ0) is 21.6. The molecule has 2 aliphatic carbocycles. The molecule has 0 aromatic heterocycles. The van der Waals surface area contributed by atoms with Gasteiger partial charge in [-0.3, -0.25) is 19.3 Å². The topological polar surface area (TPSA) is 90.0 Å². The predicted molar refractivity (Wildman–Crippen MR) is 106 cm³/mol. The number of benzene rings is 1. The maximum atomic E-state index is 13.0. The molecule has 1 aromatic rings. The molecular weight excluding hydrogens is 386 g/mol. The summed E-state index contributed by atoms with van der Waals surface area (Å²) in [6.07, 6.45) is 4.85. The Labute approximate surface area is 175 Å². The van der Waals surface area contributed by atoms with Crippen molar-refractivity contribution in [1.29, 1.82) is 0 Å². The fourth-order valence-corrected chi connectivity index (χ4v) is 4.96. The standard InChI is InChI=1S/C23H25NO6/c1-12(2)20(23(28)30-11-17(25)13-6-8-16(29-3)9-7-13)24-21(26)18-14-4-5-15(10-14)19(18)22(24)27/h4-9,12,14-15,18-20H,10-11H2,1-3H3/t14-,15-,18+,19+,20-/m0/s1. The molecule has 7 heteroatoms. The van der Waals surface area contributed by atoms with Crippen molar-refractivity contribution in [1.82, 2.24) is 4.90 Å². The number of nitrogens with zero attached hydrogens (tertiary/aromatic N) is 1. The third kappa shape index (κ3) is 3.22. The number of amides is 2. The van der Waals surface area contributed by atoms with E-state index in [9.17, 15) is 19.2 Å². The fourth-order valence-electron chi connectivity index (χ4n) is 4.96. The molecule has 30 heavy (non-hydrogen) atoms. The number of esters is 1. The second kappa shape index (κ2) is 7.70. The minimum atomic E-state index is -1.03. The first kappa shape index (κ1) is 20.3. The van der Waals surface area contributed by atoms with Crippen LogP contribution in [0.4, 0.5) is 0 Å². The van der Waals surface area contributed by atoms with Crippen LogP contribution in [0.15, 0.2) is 36.4 Å². The van der Waals surface area contributed by atoms with Crippen molar-refractivity contribution >= 4 is 23.6 Å². The Hall–Kier alpha value is -2.96. The van der Waals surface area contributed by atoms with Gasteiger partial charge in [0, 0.05) is 5.56 Å². The normalized spacial score (nSPS) is 27.5. The monoisotopic (exact) mass is 411 g/mol. The molecule has 7 nitrogen and oxygen atoms in total. The molecule has 1 aliphatic heterocycles. The van der Waals surface area contributed by atoms with Gasteiger partial charge in [-0.15, -0.1) is 0 Å². The molecule has 0 spiro atoms. The highest BCUT2D eigenvalue weighted by atomic mass is 16.5. The van der Waals surface area contributed by atoms with Crippen molar-refractivity contribution in [2.24, 2.45) is 29.6 Å². The summed E-state index contributed by atoms with van der Waals surface area (Å²) < 4.78 is 10.3. The lowest BCUT2D eigenvalue weighted by Gasteiger charge is -2.28. The molecule has 1 saturated heterocycles. The molecule has 158 valence electrons. The number of Topliss-reactive ketones (excluding diaryl/α,β-unsaturated/α-hetero) is 1. The lowest BCUT2D eigenvalue weighted by molar-refractivity contribution is -0.160. The predicted octanol–water partition coefficient (Wildman–Crippen LogP) is 2.25. The smallest absolute Gasteiger partial charge is 0.330 e. The number of carbonyl (C=O) groups excluding carboxylic acids is 4. The lowest BCUT2D eigenvalue weighted by Crippen LogP contribution is -2.50. The van der Waals surface area contributed by atoms with Gasteiger partial charge < -0.3 is 9.47 Å². The first-order valence-electron chi connectivity index (χ1n) is 10.2. The van der Waals surface area contributed by atoms with Gasteiger partial charge in [0.1, 0.15) is 11.8 Å². The minimum absolute atomic E-state index is 0.0712. The highest BCUT2D eigenvalue weighted by Gasteiger charge is 2.61. The Bertz CT molecular complexity index is 888. The number of carbonyl (C=O) groups is 4. The summed E-state index contributed by atoms with van der Waals surface area (Å²) in [5, 5.41) is 0. The maximum absolute atomic E-state index is 13.0. The van der Waals surface area contributed by atoms with Gasteiger partial charge in [0.15, 0.2) is 12.4 Å². The van der Waals surface area contributed by atoms with E-state index in [4.69, 9.17) is 9.47 Å². The molecule has 0 radical (unpaired) electrons. The highest BCUT2D eigenvalue weighted by Crippen LogP contribution is 2.53. The molecule has 1 saturated carbocycles. The summed E-state index contributed by atoms with van der Waals surface area (Å²) in [5.41, 5.74) is 0.384. The Morgan fingerprint density at radius 3 is 2.10 bits per heavy atom. The summed E-state index contributed by atoms with van der Waals surface area (Å²) in [6.45, 7) is 3.07. The van der Waals surface area contributed by atoms with Crippen molar-refractivity contribution in [3.05, 3.63) is 42.0 Å². The van der Waals surface area contributed by atoms with Crippen LogP contribution in [0.5, 0.6) is 5.75 Å². The molecule has 0 unspecified atom stereocenters. The Morgan fingerprint density at radius 1 is 1.03 bits per heavy atom. The van der Waals surface area contributed by atoms with Crippen LogP contribution in [-0.4, -0.2) is 48.2 Å². The van der Waals surface area contributed by atoms with E-state index >= 15 is 0 Å². The van der Waals surface area contributed by atoms with Gasteiger partial charge >= 0.3 is 5.97 Å². The van der Waals surface area contributed by atoms with Gasteiger partial charge in [0.05, 0.1) is 18.9 Å². The molecule has 1 heterocycles. The van der Waals surface area contributed by atoms with Crippen LogP contribution in [0.2, 0.25) is 0 Å². The van der Waals surface area contributed by atoms with E-state index in [1.54, 1.807) is 38.1 Å². The van der Waals surface area contributed by atoms with Crippen LogP contribution in [0.25, 0.3) is 0 Å². The average Bonchev–Trinajstić information content (AvgIpc) is 3.42. The van der Waals surface area contributed by atoms with Gasteiger partial charge in [0.25, 0.3) is 0 Å². The van der Waals surface area contributed by atoms with Crippen molar-refractivity contribution in [2.45, 2.75) is 26.3 Å². The summed E-state index contributed by atoms with van der Waals surface area (Å²) in [6, 6.07) is 5.45. The van der Waals surface area contributed by atoms with Gasteiger partial charge in [0.2, 0.25) is 11.8 Å². The number of ether oxygens (including phenoxy) is 2. The number of hydrogen-bond acceptors (Lipinski definition) is 6. The van der Waals surface area contributed by atoms with E-state index in [-0.39, 0.29) is 47.2 Å². The van der Waals surface area contributed by atoms with Crippen LogP contribution in [0, 0.1) is 29.6 Å². The summed E-state index contributed by atoms with van der Waals surface area (Å²) in [7, 11) is 1.53. The van der Waals surface area contributed by atoms with E-state index in [0.29, 0.717) is 11.3 Å². The summed E-state index contributed by atoms with van der Waals surface area (Å²) in [5.74, 6) is -2.00. The van der Waals surface area contributed by atoms with Crippen molar-refractivity contribution in [3.63, 3.8) is 0 Å². The molecule has 3 aliphatic rings. The van der Waals surface area contributed by atoms with E-state index in [2.05, 4.69) is 0 Å². The first-order valence-corrected chi connectivity index (χ1v) is 10.2. The van der Waals surface area contributed by atoms with Crippen molar-refractivity contribution in [3.8, 4) is 5.75 Å². The van der Waals surface area contributed by atoms with E-state index in [1.807, 2.05) is 12.2 Å². The third-order valence-corrected chi connectivity index (χ3v) is 6.41. The van der Waals surface area contributed by atoms with Gasteiger partial charge in [-0.1, -0.05) is 26.0 Å². The molecule has 4 rings (SSSR count). The summed E-state index contributed by atoms with van der Waals surface area (Å²) in [4.78, 5) is 52.4. The second-order valence-corrected chi connectivity index (χ2v) is 8.49. The van der Waals surface area contributed by atoms with E-state index < -0.39 is 18.6 Å². The van der Waals surface area contributed by atoms with Crippen molar-refractivity contribution < 1.29 is 28.7 Å². The quantitative estimate of drug-likeness (QED) is 0.296. The zero-order valence-corrected chi connectivity index (χ0v) is 17.2. The van der Waals surface area contributed by atoms with Crippen molar-refractivity contribution in [2.75, 3.05) is 13.7 Å². The van der Waals surface area contributed by atoms with Crippen LogP contribution in [-0.2, 0) is 19.1 Å². The van der Waals surface area contributed by atoms with Crippen LogP contribution in [0.3, 0.4) is 0 Å². The Morgan fingerprint density at radius 2 is 1.60 bits per heavy atom. The number of imide groups is 1. The van der Waals surface area contributed by atoms with Gasteiger partial charge in [-0.05, 0) is 48.4 Å². The first-order chi connectivity index (χ1) is 14.3. The molecule has 1 aromatic carbocycles. The SMILES string of the molecule is COc1ccc(C(=O)COC(=O)[C@H](C(C)C)N2C(=O)[C@H]3[C@H](C2=O)[C@H]2C=C[C@H]3C2)cc1. The third-order valence-electron chi connectivity index (χ3n) is 6.41. The molecular formula is C23H25NO6. The molecule has 0 N–H and O–H groups in total. The Kier molecular flexibility index (Phi) is 5.22. The fraction of sp³-hybridized carbons (Fsp3) is 0.478. The molecule has 5 atom stereocenters. The number of hydrogen-bond donors (Lipinski definition) is 0. The van der Waals surface area contributed by atoms with Crippen LogP contribution < -0.4 is 4.74 Å². The van der Waals surface area contributed by atoms with Gasteiger partial charge in [-0.2, -0.15) is 0 Å². The molecule has 2 bridgehead atoms. The lowest BCUT2D eigenvalue weighted by atomic mass is 9.85. The van der Waals surface area contributed by atoms with E-state index in [0.717, 1.165) is 11.3 Å². The minimum Gasteiger partial charge on any atom is -0.497 e. The highest BCUT2D eigenvalue weighted by molar-refractivity contribution is 6.09. The largest absolute Gasteiger partial charge is 0.497 e. The number of likely N-dealkylation sites (tertiary alicyclic amines) is 1. The molecule has 2 amide bonds. The average molecular weight is 411 g/mol. The second-order valence-electron chi connectivity index (χ2n) is 8.49. The Balaban J connectivity index is 1.45. The number of fused-ring (bicyclic) bond motifs is 5. The number of methoxy groups -OCH3 is 1. The number of rotatable bonds is 7. The summed E-state index contributed by atoms with van der Waals surface area (Å²) >= 11 is 0. The van der Waals surface area contributed by atoms with E-state index in [1.165, 1.54) is 7.11 Å². The zero-order valence-electron chi connectivity index (χ0n) is 17.2. The number of allylic oxidation sites excluding steroid dienone is 2. The van der Waals surface area contributed by atoms with Crippen LogP contribution in [0.1, 0.15) is 30.6 Å². The van der Waals surface area contributed by atoms with Crippen LogP contribution >= 0.6 is 0 Å².